The highest BCUT2D eigenvalue weighted by Crippen LogP contribution is 2.44. The molecule has 0 bridgehead atoms. The van der Waals surface area contributed by atoms with Crippen LogP contribution in [0, 0.1) is 17.1 Å². The number of nitriles is 1. The molecular weight excluding hydrogens is 444 g/mol. The minimum Gasteiger partial charge on any atom is -0.496 e. The molecule has 2 amide bonds. The number of rotatable bonds is 6. The molecule has 1 atom stereocenters. The number of alkyl halides is 3. The summed E-state index contributed by atoms with van der Waals surface area (Å²) in [7, 11) is 1.27. The van der Waals surface area contributed by atoms with Crippen molar-refractivity contribution in [3.63, 3.8) is 0 Å². The zero-order valence-electron chi connectivity index (χ0n) is 18.0. The second kappa shape index (κ2) is 8.15. The van der Waals surface area contributed by atoms with E-state index in [1.807, 2.05) is 0 Å². The van der Waals surface area contributed by atoms with Gasteiger partial charge in [-0.1, -0.05) is 13.8 Å². The van der Waals surface area contributed by atoms with E-state index in [0.29, 0.717) is 4.90 Å². The van der Waals surface area contributed by atoms with Gasteiger partial charge >= 0.3 is 6.18 Å². The maximum Gasteiger partial charge on any atom is 0.418 e. The lowest BCUT2D eigenvalue weighted by atomic mass is 9.74. The molecule has 1 N–H and O–H groups in total. The van der Waals surface area contributed by atoms with Crippen molar-refractivity contribution in [3.05, 3.63) is 64.5 Å². The number of fused-ring (bicyclic) bond motifs is 1. The van der Waals surface area contributed by atoms with Crippen LogP contribution in [0.4, 0.5) is 17.6 Å². The van der Waals surface area contributed by atoms with E-state index in [4.69, 9.17) is 10.00 Å². The Hall–Kier alpha value is -3.45. The smallest absolute Gasteiger partial charge is 0.418 e. The highest BCUT2D eigenvalue weighted by molar-refractivity contribution is 6.21. The second-order valence-electron chi connectivity index (χ2n) is 8.50. The lowest BCUT2D eigenvalue weighted by Gasteiger charge is -2.39. The highest BCUT2D eigenvalue weighted by atomic mass is 19.4. The van der Waals surface area contributed by atoms with Crippen LogP contribution < -0.4 is 4.74 Å². The Balaban J connectivity index is 2.00. The molecule has 0 aromatic heterocycles. The molecule has 10 heteroatoms. The first-order valence-electron chi connectivity index (χ1n) is 9.77. The maximum absolute atomic E-state index is 14.1. The van der Waals surface area contributed by atoms with Crippen molar-refractivity contribution < 1.29 is 37.0 Å². The largest absolute Gasteiger partial charge is 0.496 e. The third-order valence-corrected chi connectivity index (χ3v) is 5.67. The Morgan fingerprint density at radius 3 is 2.27 bits per heavy atom. The van der Waals surface area contributed by atoms with E-state index < -0.39 is 47.8 Å². The third kappa shape index (κ3) is 4.28. The molecule has 33 heavy (non-hydrogen) atoms. The van der Waals surface area contributed by atoms with Crippen LogP contribution in [-0.4, -0.2) is 47.3 Å². The lowest BCUT2D eigenvalue weighted by Crippen LogP contribution is -2.57. The SMILES string of the molecule is COc1ccc(F)cc1C(C)(C)CC(O)(CN1C(=O)c2ccc(C#N)cc2C1=O)C(F)(F)F. The van der Waals surface area contributed by atoms with E-state index in [-0.39, 0.29) is 28.0 Å². The summed E-state index contributed by atoms with van der Waals surface area (Å²) in [5.74, 6) is -2.64. The van der Waals surface area contributed by atoms with Crippen molar-refractivity contribution in [2.45, 2.75) is 37.5 Å². The number of ether oxygens (including phenoxy) is 1. The van der Waals surface area contributed by atoms with Crippen LogP contribution in [0.25, 0.3) is 0 Å². The molecule has 0 aliphatic carbocycles. The van der Waals surface area contributed by atoms with Gasteiger partial charge in [-0.25, -0.2) is 4.39 Å². The van der Waals surface area contributed by atoms with Crippen LogP contribution in [-0.2, 0) is 5.41 Å². The average molecular weight is 464 g/mol. The third-order valence-electron chi connectivity index (χ3n) is 5.67. The zero-order chi connectivity index (χ0) is 24.8. The molecule has 0 saturated heterocycles. The first-order valence-corrected chi connectivity index (χ1v) is 9.77. The van der Waals surface area contributed by atoms with Gasteiger partial charge < -0.3 is 9.84 Å². The van der Waals surface area contributed by atoms with Gasteiger partial charge in [-0.05, 0) is 48.2 Å². The summed E-state index contributed by atoms with van der Waals surface area (Å²) in [6.07, 6.45) is -6.24. The number of amides is 2. The molecule has 1 heterocycles. The van der Waals surface area contributed by atoms with E-state index in [2.05, 4.69) is 0 Å². The molecule has 0 spiro atoms. The number of hydrogen-bond acceptors (Lipinski definition) is 5. The second-order valence-corrected chi connectivity index (χ2v) is 8.50. The summed E-state index contributed by atoms with van der Waals surface area (Å²) >= 11 is 0. The van der Waals surface area contributed by atoms with Crippen molar-refractivity contribution in [1.82, 2.24) is 4.90 Å². The van der Waals surface area contributed by atoms with Gasteiger partial charge in [0.05, 0.1) is 36.4 Å². The summed E-state index contributed by atoms with van der Waals surface area (Å²) in [4.78, 5) is 25.7. The van der Waals surface area contributed by atoms with Crippen LogP contribution in [0.3, 0.4) is 0 Å². The molecule has 1 aliphatic rings. The Labute approximate surface area is 187 Å². The summed E-state index contributed by atoms with van der Waals surface area (Å²) in [5.41, 5.74) is -5.23. The maximum atomic E-state index is 14.1. The first-order chi connectivity index (χ1) is 15.2. The number of imide groups is 1. The topological polar surface area (TPSA) is 90.6 Å². The molecule has 1 aliphatic heterocycles. The number of halogens is 4. The molecule has 3 rings (SSSR count). The Kier molecular flexibility index (Phi) is 5.98. The van der Waals surface area contributed by atoms with Gasteiger partial charge in [0.1, 0.15) is 11.6 Å². The molecule has 0 radical (unpaired) electrons. The quantitative estimate of drug-likeness (QED) is 0.516. The van der Waals surface area contributed by atoms with Gasteiger partial charge in [0, 0.05) is 5.56 Å². The lowest BCUT2D eigenvalue weighted by molar-refractivity contribution is -0.267. The summed E-state index contributed by atoms with van der Waals surface area (Å²) < 4.78 is 61.4. The van der Waals surface area contributed by atoms with Crippen LogP contribution in [0.1, 0.15) is 52.1 Å². The monoisotopic (exact) mass is 464 g/mol. The van der Waals surface area contributed by atoms with Crippen LogP contribution >= 0.6 is 0 Å². The molecular formula is C23H20F4N2O4. The first kappa shape index (κ1) is 24.2. The van der Waals surface area contributed by atoms with Gasteiger partial charge in [-0.2, -0.15) is 18.4 Å². The van der Waals surface area contributed by atoms with Crippen LogP contribution in [0.5, 0.6) is 5.75 Å². The van der Waals surface area contributed by atoms with E-state index >= 15 is 0 Å². The Morgan fingerprint density at radius 1 is 1.06 bits per heavy atom. The van der Waals surface area contributed by atoms with Gasteiger partial charge in [0.25, 0.3) is 11.8 Å². The minimum atomic E-state index is -5.24. The average Bonchev–Trinajstić information content (AvgIpc) is 2.96. The number of aliphatic hydroxyl groups is 1. The highest BCUT2D eigenvalue weighted by Gasteiger charge is 2.58. The fourth-order valence-corrected chi connectivity index (χ4v) is 4.05. The van der Waals surface area contributed by atoms with Crippen LogP contribution in [0.2, 0.25) is 0 Å². The molecule has 0 saturated carbocycles. The summed E-state index contributed by atoms with van der Waals surface area (Å²) in [6, 6.07) is 8.72. The van der Waals surface area contributed by atoms with Crippen molar-refractivity contribution in [2.75, 3.05) is 13.7 Å². The summed E-state index contributed by atoms with van der Waals surface area (Å²) in [5, 5.41) is 19.8. The number of β-amino-alcohol motifs (C(OH)–C–C–N with tert-alkyl or cyclic N) is 1. The van der Waals surface area contributed by atoms with Gasteiger partial charge in [0.2, 0.25) is 0 Å². The number of benzene rings is 2. The summed E-state index contributed by atoms with van der Waals surface area (Å²) in [6.45, 7) is 1.36. The van der Waals surface area contributed by atoms with E-state index in [0.717, 1.165) is 18.2 Å². The Morgan fingerprint density at radius 2 is 1.70 bits per heavy atom. The number of nitrogens with zero attached hydrogens (tertiary/aromatic N) is 2. The van der Waals surface area contributed by atoms with E-state index in [9.17, 15) is 32.3 Å². The molecule has 2 aromatic rings. The van der Waals surface area contributed by atoms with Gasteiger partial charge in [-0.3, -0.25) is 14.5 Å². The number of carbonyl (C=O) groups is 2. The number of methoxy groups -OCH3 is 1. The predicted molar refractivity (Wildman–Crippen MR) is 108 cm³/mol. The molecule has 0 fully saturated rings. The fraction of sp³-hybridized carbons (Fsp3) is 0.348. The van der Waals surface area contributed by atoms with Crippen molar-refractivity contribution in [2.24, 2.45) is 0 Å². The zero-order valence-corrected chi connectivity index (χ0v) is 18.0. The predicted octanol–water partition coefficient (Wildman–Crippen LogP) is 3.96. The number of carbonyl (C=O) groups excluding carboxylic acids is 2. The van der Waals surface area contributed by atoms with Crippen molar-refractivity contribution in [3.8, 4) is 11.8 Å². The van der Waals surface area contributed by atoms with E-state index in [1.165, 1.54) is 39.2 Å². The number of hydrogen-bond donors (Lipinski definition) is 1. The van der Waals surface area contributed by atoms with Gasteiger partial charge in [-0.15, -0.1) is 0 Å². The molecule has 174 valence electrons. The fourth-order valence-electron chi connectivity index (χ4n) is 4.05. The molecule has 1 unspecified atom stereocenters. The molecule has 6 nitrogen and oxygen atoms in total. The minimum absolute atomic E-state index is 0.0576. The van der Waals surface area contributed by atoms with Crippen LogP contribution in [0.15, 0.2) is 36.4 Å². The molecule has 2 aromatic carbocycles. The van der Waals surface area contributed by atoms with Crippen molar-refractivity contribution in [1.29, 1.82) is 5.26 Å². The van der Waals surface area contributed by atoms with Crippen molar-refractivity contribution >= 4 is 11.8 Å². The van der Waals surface area contributed by atoms with Gasteiger partial charge in [0.15, 0.2) is 5.60 Å². The van der Waals surface area contributed by atoms with E-state index in [1.54, 1.807) is 6.07 Å². The Bertz CT molecular complexity index is 1170. The standard InChI is InChI=1S/C23H20F4N2O4/c1-21(2,17-9-14(24)5-7-18(17)33-3)11-22(32,23(25,26)27)12-29-19(30)15-6-4-13(10-28)8-16(15)20(29)31/h4-9,32H,11-12H2,1-3H3. The normalized spacial score (nSPS) is 15.8.